The third kappa shape index (κ3) is 4.89. The number of carbonyl (C=O) groups excluding carboxylic acids is 1. The number of carbonyl (C=O) groups is 1. The van der Waals surface area contributed by atoms with Gasteiger partial charge in [-0.2, -0.15) is 0 Å². The second-order valence-electron chi connectivity index (χ2n) is 13.9. The van der Waals surface area contributed by atoms with Gasteiger partial charge in [0.2, 0.25) is 11.7 Å². The molecule has 224 valence electrons. The van der Waals surface area contributed by atoms with Crippen LogP contribution in [0, 0.1) is 46.3 Å². The number of hydrogen-bond acceptors (Lipinski definition) is 6. The standard InChI is InChI=1S/C33H51NO6/c1-19(7-12-30(37)34-21-16-27(38-4)31(40-6)28(17-21)39-5)24-10-11-25-23-9-8-20-15-22(35)13-14-32(20,2)26(23)18-29(36)33(24,25)3/h16-17,19-20,22-26,29,35-36H,7-15,18H2,1-6H3,(H,34,37)/t19-,20-,22-,23+,24-,25+,26+,29+,32+,33-/m1/s1. The lowest BCUT2D eigenvalue weighted by Crippen LogP contribution is -2.58. The van der Waals surface area contributed by atoms with Gasteiger partial charge in [0, 0.05) is 24.2 Å². The number of nitrogens with one attached hydrogen (secondary N) is 1. The fourth-order valence-electron chi connectivity index (χ4n) is 10.1. The third-order valence-corrected chi connectivity index (χ3v) is 12.3. The van der Waals surface area contributed by atoms with Gasteiger partial charge >= 0.3 is 0 Å². The highest BCUT2D eigenvalue weighted by Crippen LogP contribution is 2.68. The average Bonchev–Trinajstić information content (AvgIpc) is 3.30. The van der Waals surface area contributed by atoms with Gasteiger partial charge in [0.25, 0.3) is 0 Å². The van der Waals surface area contributed by atoms with E-state index in [1.165, 1.54) is 19.3 Å². The molecule has 5 rings (SSSR count). The van der Waals surface area contributed by atoms with Crippen molar-refractivity contribution in [2.45, 2.75) is 97.2 Å². The summed E-state index contributed by atoms with van der Waals surface area (Å²) in [6, 6.07) is 3.50. The molecule has 0 aliphatic heterocycles. The van der Waals surface area contributed by atoms with Crippen molar-refractivity contribution in [1.29, 1.82) is 0 Å². The van der Waals surface area contributed by atoms with Crippen LogP contribution in [0.3, 0.4) is 0 Å². The van der Waals surface area contributed by atoms with E-state index in [1.807, 2.05) is 0 Å². The van der Waals surface area contributed by atoms with Crippen LogP contribution in [-0.2, 0) is 4.79 Å². The smallest absolute Gasteiger partial charge is 0.224 e. The number of aliphatic hydroxyl groups is 2. The van der Waals surface area contributed by atoms with Crippen molar-refractivity contribution in [3.05, 3.63) is 12.1 Å². The summed E-state index contributed by atoms with van der Waals surface area (Å²) in [5.41, 5.74) is 0.776. The van der Waals surface area contributed by atoms with Crippen LogP contribution < -0.4 is 19.5 Å². The van der Waals surface area contributed by atoms with Gasteiger partial charge in [0.1, 0.15) is 0 Å². The van der Waals surface area contributed by atoms with E-state index in [-0.39, 0.29) is 28.9 Å². The van der Waals surface area contributed by atoms with Crippen LogP contribution in [0.4, 0.5) is 5.69 Å². The monoisotopic (exact) mass is 557 g/mol. The predicted octanol–water partition coefficient (Wildman–Crippen LogP) is 6.06. The minimum atomic E-state index is -0.302. The second-order valence-corrected chi connectivity index (χ2v) is 13.9. The van der Waals surface area contributed by atoms with Gasteiger partial charge in [-0.3, -0.25) is 4.79 Å². The SMILES string of the molecule is COc1cc(NC(=O)CC[C@@H](C)[C@H]2CC[C@H]3[C@@H]4CC[C@@H]5C[C@H](O)CC[C@]5(C)[C@H]4C[C@H](O)[C@]23C)cc(OC)c1OC. The highest BCUT2D eigenvalue weighted by Gasteiger charge is 2.63. The molecule has 4 saturated carbocycles. The Morgan fingerprint density at radius 2 is 1.68 bits per heavy atom. The first-order valence-electron chi connectivity index (χ1n) is 15.5. The highest BCUT2D eigenvalue weighted by molar-refractivity contribution is 5.91. The van der Waals surface area contributed by atoms with E-state index in [4.69, 9.17) is 14.2 Å². The van der Waals surface area contributed by atoms with Gasteiger partial charge in [-0.1, -0.05) is 20.8 Å². The van der Waals surface area contributed by atoms with Crippen LogP contribution in [0.5, 0.6) is 17.2 Å². The van der Waals surface area contributed by atoms with Crippen LogP contribution in [-0.4, -0.2) is 49.7 Å². The topological polar surface area (TPSA) is 97.3 Å². The number of rotatable bonds is 8. The fourth-order valence-corrected chi connectivity index (χ4v) is 10.1. The molecule has 0 bridgehead atoms. The van der Waals surface area contributed by atoms with E-state index in [0.717, 1.165) is 38.5 Å². The molecule has 10 atom stereocenters. The Morgan fingerprint density at radius 1 is 0.975 bits per heavy atom. The van der Waals surface area contributed by atoms with Gasteiger partial charge in [-0.15, -0.1) is 0 Å². The molecule has 7 heteroatoms. The molecular formula is C33H51NO6. The van der Waals surface area contributed by atoms with E-state index in [0.29, 0.717) is 64.9 Å². The largest absolute Gasteiger partial charge is 0.493 e. The van der Waals surface area contributed by atoms with Gasteiger partial charge in [-0.25, -0.2) is 0 Å². The fraction of sp³-hybridized carbons (Fsp3) is 0.788. The number of anilines is 1. The van der Waals surface area contributed by atoms with Crippen molar-refractivity contribution in [3.8, 4) is 17.2 Å². The van der Waals surface area contributed by atoms with Crippen molar-refractivity contribution in [2.24, 2.45) is 46.3 Å². The van der Waals surface area contributed by atoms with Crippen molar-refractivity contribution < 1.29 is 29.2 Å². The van der Waals surface area contributed by atoms with E-state index in [2.05, 4.69) is 26.1 Å². The summed E-state index contributed by atoms with van der Waals surface area (Å²) in [5.74, 6) is 4.62. The zero-order valence-corrected chi connectivity index (χ0v) is 25.4. The Kier molecular flexibility index (Phi) is 8.37. The Morgan fingerprint density at radius 3 is 2.33 bits per heavy atom. The van der Waals surface area contributed by atoms with E-state index in [1.54, 1.807) is 33.5 Å². The second kappa shape index (κ2) is 11.4. The van der Waals surface area contributed by atoms with Crippen LogP contribution in [0.2, 0.25) is 0 Å². The summed E-state index contributed by atoms with van der Waals surface area (Å²) in [4.78, 5) is 13.0. The molecule has 4 fully saturated rings. The molecule has 4 aliphatic rings. The molecule has 7 nitrogen and oxygen atoms in total. The summed E-state index contributed by atoms with van der Waals surface area (Å²) >= 11 is 0. The number of hydrogen-bond donors (Lipinski definition) is 3. The lowest BCUT2D eigenvalue weighted by atomic mass is 9.43. The minimum absolute atomic E-state index is 0.0317. The number of benzene rings is 1. The Balaban J connectivity index is 1.24. The summed E-state index contributed by atoms with van der Waals surface area (Å²) in [7, 11) is 4.69. The summed E-state index contributed by atoms with van der Waals surface area (Å²) in [5, 5.41) is 25.2. The molecule has 4 aliphatic carbocycles. The number of fused-ring (bicyclic) bond motifs is 5. The first-order valence-corrected chi connectivity index (χ1v) is 15.5. The van der Waals surface area contributed by atoms with Gasteiger partial charge in [-0.05, 0) is 104 Å². The molecule has 3 N–H and O–H groups in total. The molecule has 1 aromatic carbocycles. The highest BCUT2D eigenvalue weighted by atomic mass is 16.5. The zero-order valence-electron chi connectivity index (χ0n) is 25.4. The average molecular weight is 558 g/mol. The first kappa shape index (κ1) is 29.5. The summed E-state index contributed by atoms with van der Waals surface area (Å²) < 4.78 is 16.2. The van der Waals surface area contributed by atoms with Crippen LogP contribution in [0.1, 0.15) is 85.0 Å². The lowest BCUT2D eigenvalue weighted by molar-refractivity contribution is -0.174. The Labute approximate surface area is 240 Å². The Hall–Kier alpha value is -1.99. The van der Waals surface area contributed by atoms with E-state index in [9.17, 15) is 15.0 Å². The van der Waals surface area contributed by atoms with Crippen molar-refractivity contribution >= 4 is 11.6 Å². The van der Waals surface area contributed by atoms with E-state index < -0.39 is 0 Å². The normalized spacial score (nSPS) is 39.4. The van der Waals surface area contributed by atoms with Crippen LogP contribution >= 0.6 is 0 Å². The quantitative estimate of drug-likeness (QED) is 0.360. The maximum Gasteiger partial charge on any atom is 0.224 e. The molecule has 1 aromatic rings. The predicted molar refractivity (Wildman–Crippen MR) is 156 cm³/mol. The summed E-state index contributed by atoms with van der Waals surface area (Å²) in [6.07, 6.45) is 9.40. The Bertz CT molecular complexity index is 1050. The summed E-state index contributed by atoms with van der Waals surface area (Å²) in [6.45, 7) is 7.11. The van der Waals surface area contributed by atoms with Gasteiger partial charge in [0.15, 0.2) is 11.5 Å². The van der Waals surface area contributed by atoms with Crippen molar-refractivity contribution in [2.75, 3.05) is 26.6 Å². The number of aliphatic hydroxyl groups excluding tert-OH is 2. The lowest BCUT2D eigenvalue weighted by Gasteiger charge is -2.62. The van der Waals surface area contributed by atoms with Crippen LogP contribution in [0.25, 0.3) is 0 Å². The number of methoxy groups -OCH3 is 3. The molecule has 0 unspecified atom stereocenters. The molecule has 0 radical (unpaired) electrons. The maximum absolute atomic E-state index is 13.0. The minimum Gasteiger partial charge on any atom is -0.493 e. The third-order valence-electron chi connectivity index (χ3n) is 12.3. The molecular weight excluding hydrogens is 506 g/mol. The molecule has 0 spiro atoms. The molecule has 1 amide bonds. The molecule has 40 heavy (non-hydrogen) atoms. The zero-order chi connectivity index (χ0) is 28.8. The van der Waals surface area contributed by atoms with Crippen molar-refractivity contribution in [1.82, 2.24) is 0 Å². The number of ether oxygens (including phenoxy) is 3. The van der Waals surface area contributed by atoms with E-state index >= 15 is 0 Å². The van der Waals surface area contributed by atoms with Crippen LogP contribution in [0.15, 0.2) is 12.1 Å². The van der Waals surface area contributed by atoms with Gasteiger partial charge in [0.05, 0.1) is 33.5 Å². The molecule has 0 aromatic heterocycles. The van der Waals surface area contributed by atoms with Gasteiger partial charge < -0.3 is 29.7 Å². The molecule has 0 saturated heterocycles. The first-order chi connectivity index (χ1) is 19.1. The molecule has 0 heterocycles. The van der Waals surface area contributed by atoms with Crippen molar-refractivity contribution in [3.63, 3.8) is 0 Å². The number of amides is 1. The maximum atomic E-state index is 13.0.